The molecule has 2 N–H and O–H groups in total. The molecule has 1 saturated carbocycles. The Morgan fingerprint density at radius 2 is 1.67 bits per heavy atom. The van der Waals surface area contributed by atoms with Gasteiger partial charge < -0.3 is 10.4 Å². The van der Waals surface area contributed by atoms with Gasteiger partial charge in [-0.1, -0.05) is 12.8 Å². The minimum Gasteiger partial charge on any atom is -0.508 e. The van der Waals surface area contributed by atoms with Crippen LogP contribution in [0.25, 0.3) is 0 Å². The van der Waals surface area contributed by atoms with Crippen LogP contribution in [0.2, 0.25) is 0 Å². The molecule has 1 aromatic carbocycles. The van der Waals surface area contributed by atoms with Crippen LogP contribution in [0, 0.1) is 19.8 Å². The Hall–Kier alpha value is -1.06. The molecular formula is C18H28N2O. The number of hydrogen-bond acceptors (Lipinski definition) is 3. The average molecular weight is 288 g/mol. The Bertz CT molecular complexity index is 465. The van der Waals surface area contributed by atoms with Crippen molar-refractivity contribution in [2.24, 2.45) is 5.92 Å². The Labute approximate surface area is 128 Å². The van der Waals surface area contributed by atoms with Crippen LogP contribution in [0.1, 0.15) is 48.4 Å². The highest BCUT2D eigenvalue weighted by Gasteiger charge is 2.33. The maximum absolute atomic E-state index is 9.85. The van der Waals surface area contributed by atoms with Gasteiger partial charge in [-0.25, -0.2) is 0 Å². The predicted octanol–water partition coefficient (Wildman–Crippen LogP) is 3.15. The van der Waals surface area contributed by atoms with Gasteiger partial charge in [0.1, 0.15) is 5.75 Å². The molecule has 2 fully saturated rings. The molecule has 0 amide bonds. The van der Waals surface area contributed by atoms with Crippen molar-refractivity contribution in [2.75, 3.05) is 26.2 Å². The highest BCUT2D eigenvalue weighted by atomic mass is 16.3. The smallest absolute Gasteiger partial charge is 0.116 e. The van der Waals surface area contributed by atoms with E-state index in [9.17, 15) is 5.11 Å². The lowest BCUT2D eigenvalue weighted by atomic mass is 9.85. The number of benzene rings is 1. The van der Waals surface area contributed by atoms with E-state index >= 15 is 0 Å². The fraction of sp³-hybridized carbons (Fsp3) is 0.667. The zero-order valence-electron chi connectivity index (χ0n) is 13.4. The molecule has 116 valence electrons. The summed E-state index contributed by atoms with van der Waals surface area (Å²) >= 11 is 0. The SMILES string of the molecule is Cc1cc(O)cc(C)c1[C@@H](C1CCCC1)N1CCNCC1. The molecule has 1 atom stereocenters. The Kier molecular flexibility index (Phi) is 4.51. The third-order valence-corrected chi connectivity index (χ3v) is 5.27. The second-order valence-electron chi connectivity index (χ2n) is 6.77. The number of nitrogens with one attached hydrogen (secondary N) is 1. The fourth-order valence-electron chi connectivity index (χ4n) is 4.37. The van der Waals surface area contributed by atoms with Crippen molar-refractivity contribution >= 4 is 0 Å². The number of piperazine rings is 1. The lowest BCUT2D eigenvalue weighted by molar-refractivity contribution is 0.124. The van der Waals surface area contributed by atoms with Crippen LogP contribution in [-0.4, -0.2) is 36.2 Å². The van der Waals surface area contributed by atoms with Crippen LogP contribution in [-0.2, 0) is 0 Å². The van der Waals surface area contributed by atoms with Crippen LogP contribution < -0.4 is 5.32 Å². The summed E-state index contributed by atoms with van der Waals surface area (Å²) in [5.74, 6) is 1.18. The highest BCUT2D eigenvalue weighted by molar-refractivity contribution is 5.42. The predicted molar refractivity (Wildman–Crippen MR) is 86.7 cm³/mol. The summed E-state index contributed by atoms with van der Waals surface area (Å²) in [6.45, 7) is 8.79. The average Bonchev–Trinajstić information content (AvgIpc) is 2.97. The van der Waals surface area contributed by atoms with E-state index < -0.39 is 0 Å². The van der Waals surface area contributed by atoms with Crippen molar-refractivity contribution in [3.05, 3.63) is 28.8 Å². The Morgan fingerprint density at radius 1 is 1.10 bits per heavy atom. The summed E-state index contributed by atoms with van der Waals surface area (Å²) in [5.41, 5.74) is 3.98. The van der Waals surface area contributed by atoms with Crippen LogP contribution >= 0.6 is 0 Å². The summed E-state index contributed by atoms with van der Waals surface area (Å²) in [7, 11) is 0. The van der Waals surface area contributed by atoms with Crippen molar-refractivity contribution in [3.63, 3.8) is 0 Å². The summed E-state index contributed by atoms with van der Waals surface area (Å²) < 4.78 is 0. The number of aromatic hydroxyl groups is 1. The van der Waals surface area contributed by atoms with Crippen molar-refractivity contribution in [1.82, 2.24) is 10.2 Å². The van der Waals surface area contributed by atoms with Gasteiger partial charge in [0.05, 0.1) is 0 Å². The number of phenolic OH excluding ortho intramolecular Hbond substituents is 1. The molecule has 21 heavy (non-hydrogen) atoms. The lowest BCUT2D eigenvalue weighted by Crippen LogP contribution is -2.47. The van der Waals surface area contributed by atoms with Crippen molar-refractivity contribution in [3.8, 4) is 5.75 Å². The minimum atomic E-state index is 0.402. The van der Waals surface area contributed by atoms with Gasteiger partial charge in [0.25, 0.3) is 0 Å². The normalized spacial score (nSPS) is 22.6. The largest absolute Gasteiger partial charge is 0.508 e. The Morgan fingerprint density at radius 3 is 2.24 bits per heavy atom. The molecule has 1 aromatic rings. The van der Waals surface area contributed by atoms with Crippen molar-refractivity contribution in [1.29, 1.82) is 0 Å². The van der Waals surface area contributed by atoms with Gasteiger partial charge >= 0.3 is 0 Å². The first kappa shape index (κ1) is 14.9. The van der Waals surface area contributed by atoms with E-state index in [0.29, 0.717) is 11.8 Å². The molecule has 0 unspecified atom stereocenters. The van der Waals surface area contributed by atoms with Crippen molar-refractivity contribution in [2.45, 2.75) is 45.6 Å². The van der Waals surface area contributed by atoms with Crippen molar-refractivity contribution < 1.29 is 5.11 Å². The molecule has 1 aliphatic heterocycles. The molecular weight excluding hydrogens is 260 g/mol. The molecule has 3 nitrogen and oxygen atoms in total. The van der Waals surface area contributed by atoms with Gasteiger partial charge in [-0.15, -0.1) is 0 Å². The molecule has 2 aliphatic rings. The Balaban J connectivity index is 1.97. The molecule has 0 radical (unpaired) electrons. The molecule has 3 heteroatoms. The third kappa shape index (κ3) is 3.09. The quantitative estimate of drug-likeness (QED) is 0.897. The molecule has 1 heterocycles. The van der Waals surface area contributed by atoms with Gasteiger partial charge in [0, 0.05) is 32.2 Å². The van der Waals surface area contributed by atoms with Gasteiger partial charge in [-0.05, 0) is 61.4 Å². The molecule has 1 saturated heterocycles. The lowest BCUT2D eigenvalue weighted by Gasteiger charge is -2.40. The summed E-state index contributed by atoms with van der Waals surface area (Å²) in [4.78, 5) is 2.68. The van der Waals surface area contributed by atoms with Crippen LogP contribution in [0.3, 0.4) is 0 Å². The van der Waals surface area contributed by atoms with Gasteiger partial charge in [-0.2, -0.15) is 0 Å². The number of rotatable bonds is 3. The monoisotopic (exact) mass is 288 g/mol. The summed E-state index contributed by atoms with van der Waals surface area (Å²) in [6, 6.07) is 4.41. The minimum absolute atomic E-state index is 0.402. The molecule has 0 spiro atoms. The zero-order valence-corrected chi connectivity index (χ0v) is 13.4. The zero-order chi connectivity index (χ0) is 14.8. The highest BCUT2D eigenvalue weighted by Crippen LogP contribution is 2.42. The van der Waals surface area contributed by atoms with Crippen LogP contribution in [0.4, 0.5) is 0 Å². The maximum atomic E-state index is 9.85. The fourth-order valence-corrected chi connectivity index (χ4v) is 4.37. The summed E-state index contributed by atoms with van der Waals surface area (Å²) in [5, 5.41) is 13.3. The van der Waals surface area contributed by atoms with Gasteiger partial charge in [-0.3, -0.25) is 4.90 Å². The van der Waals surface area contributed by atoms with E-state index in [1.807, 2.05) is 12.1 Å². The first-order valence-electron chi connectivity index (χ1n) is 8.41. The van der Waals surface area contributed by atoms with E-state index in [2.05, 4.69) is 24.1 Å². The summed E-state index contributed by atoms with van der Waals surface area (Å²) in [6.07, 6.45) is 5.47. The van der Waals surface area contributed by atoms with E-state index in [-0.39, 0.29) is 0 Å². The third-order valence-electron chi connectivity index (χ3n) is 5.27. The van der Waals surface area contributed by atoms with E-state index in [0.717, 1.165) is 32.1 Å². The van der Waals surface area contributed by atoms with E-state index in [1.54, 1.807) is 0 Å². The number of hydrogen-bond donors (Lipinski definition) is 2. The first-order chi connectivity index (χ1) is 10.2. The second kappa shape index (κ2) is 6.37. The standard InChI is InChI=1S/C18H28N2O/c1-13-11-16(21)12-14(2)17(13)18(15-5-3-4-6-15)20-9-7-19-8-10-20/h11-12,15,18-19,21H,3-10H2,1-2H3/t18-/m1/s1. The van der Waals surface area contributed by atoms with Crippen LogP contribution in [0.15, 0.2) is 12.1 Å². The molecule has 0 aromatic heterocycles. The van der Waals surface area contributed by atoms with Gasteiger partial charge in [0.2, 0.25) is 0 Å². The maximum Gasteiger partial charge on any atom is 0.116 e. The van der Waals surface area contributed by atoms with Gasteiger partial charge in [0.15, 0.2) is 0 Å². The molecule has 1 aliphatic carbocycles. The van der Waals surface area contributed by atoms with E-state index in [1.165, 1.54) is 42.4 Å². The number of nitrogens with zero attached hydrogens (tertiary/aromatic N) is 1. The van der Waals surface area contributed by atoms with Crippen LogP contribution in [0.5, 0.6) is 5.75 Å². The molecule has 0 bridgehead atoms. The number of phenols is 1. The number of aryl methyl sites for hydroxylation is 2. The molecule has 3 rings (SSSR count). The first-order valence-corrected chi connectivity index (χ1v) is 8.41. The van der Waals surface area contributed by atoms with E-state index in [4.69, 9.17) is 0 Å². The topological polar surface area (TPSA) is 35.5 Å². The second-order valence-corrected chi connectivity index (χ2v) is 6.77.